The first-order valence-corrected chi connectivity index (χ1v) is 7.93. The summed E-state index contributed by atoms with van der Waals surface area (Å²) in [6.07, 6.45) is 2.76. The Balaban J connectivity index is 1.71. The molecule has 0 amide bonds. The molecule has 2 heterocycles. The quantitative estimate of drug-likeness (QED) is 0.637. The average molecular weight is 331 g/mol. The Bertz CT molecular complexity index is 703. The molecule has 1 unspecified atom stereocenters. The lowest BCUT2D eigenvalue weighted by Gasteiger charge is -2.37. The van der Waals surface area contributed by atoms with Crippen molar-refractivity contribution < 1.29 is 9.66 Å². The Morgan fingerprint density at radius 3 is 3.00 bits per heavy atom. The molecule has 0 aliphatic carbocycles. The second-order valence-electron chi connectivity index (χ2n) is 5.72. The molecular formula is C16H21N5O3. The molecule has 8 heteroatoms. The first kappa shape index (κ1) is 16.4. The van der Waals surface area contributed by atoms with Gasteiger partial charge < -0.3 is 10.1 Å². The van der Waals surface area contributed by atoms with Gasteiger partial charge in [-0.25, -0.2) is 0 Å². The molecule has 2 aromatic rings. The van der Waals surface area contributed by atoms with Crippen LogP contribution in [0.1, 0.15) is 11.6 Å². The van der Waals surface area contributed by atoms with E-state index in [1.807, 2.05) is 18.2 Å². The van der Waals surface area contributed by atoms with Crippen molar-refractivity contribution in [3.05, 3.63) is 52.3 Å². The molecular weight excluding hydrogens is 310 g/mol. The summed E-state index contributed by atoms with van der Waals surface area (Å²) < 4.78 is 7.12. The number of hydrogen-bond acceptors (Lipinski definition) is 6. The topological polar surface area (TPSA) is 85.5 Å². The Morgan fingerprint density at radius 1 is 1.42 bits per heavy atom. The number of nitrogens with zero attached hydrogens (tertiary/aromatic N) is 4. The minimum Gasteiger partial charge on any atom is -0.496 e. The summed E-state index contributed by atoms with van der Waals surface area (Å²) >= 11 is 0. The number of nitrogens with one attached hydrogen (secondary N) is 1. The number of piperazine rings is 1. The summed E-state index contributed by atoms with van der Waals surface area (Å²) in [7, 11) is 1.68. The smallest absolute Gasteiger partial charge is 0.306 e. The van der Waals surface area contributed by atoms with Crippen LogP contribution in [0.25, 0.3) is 0 Å². The molecule has 1 aromatic heterocycles. The van der Waals surface area contributed by atoms with E-state index in [2.05, 4.69) is 21.4 Å². The molecule has 1 fully saturated rings. The van der Waals surface area contributed by atoms with Gasteiger partial charge in [-0.2, -0.15) is 5.10 Å². The van der Waals surface area contributed by atoms with Crippen LogP contribution in [0.4, 0.5) is 5.69 Å². The fraction of sp³-hybridized carbons (Fsp3) is 0.438. The number of benzene rings is 1. The van der Waals surface area contributed by atoms with E-state index < -0.39 is 4.92 Å². The third-order valence-electron chi connectivity index (χ3n) is 4.30. The van der Waals surface area contributed by atoms with Gasteiger partial charge in [0.05, 0.1) is 24.6 Å². The summed E-state index contributed by atoms with van der Waals surface area (Å²) in [5.74, 6) is 0.880. The zero-order valence-corrected chi connectivity index (χ0v) is 13.6. The second kappa shape index (κ2) is 7.41. The maximum atomic E-state index is 10.7. The van der Waals surface area contributed by atoms with Gasteiger partial charge in [-0.3, -0.25) is 19.7 Å². The fourth-order valence-electron chi connectivity index (χ4n) is 3.06. The Kier molecular flexibility index (Phi) is 5.07. The van der Waals surface area contributed by atoms with E-state index in [0.717, 1.165) is 37.5 Å². The number of nitro groups is 1. The number of aromatic nitrogens is 2. The maximum Gasteiger partial charge on any atom is 0.306 e. The maximum absolute atomic E-state index is 10.7. The van der Waals surface area contributed by atoms with Gasteiger partial charge in [-0.1, -0.05) is 18.2 Å². The van der Waals surface area contributed by atoms with Crippen LogP contribution in [-0.4, -0.2) is 52.9 Å². The van der Waals surface area contributed by atoms with Crippen molar-refractivity contribution in [3.8, 4) is 5.75 Å². The van der Waals surface area contributed by atoms with Gasteiger partial charge >= 0.3 is 5.69 Å². The molecule has 1 aromatic carbocycles. The van der Waals surface area contributed by atoms with E-state index in [0.29, 0.717) is 6.54 Å². The van der Waals surface area contributed by atoms with Crippen LogP contribution in [0.2, 0.25) is 0 Å². The summed E-state index contributed by atoms with van der Waals surface area (Å²) in [6.45, 7) is 4.05. The molecule has 0 bridgehead atoms. The lowest BCUT2D eigenvalue weighted by molar-refractivity contribution is -0.385. The number of hydrogen-bond donors (Lipinski definition) is 1. The highest BCUT2D eigenvalue weighted by Crippen LogP contribution is 2.29. The summed E-state index contributed by atoms with van der Waals surface area (Å²) in [5.41, 5.74) is 1.18. The Morgan fingerprint density at radius 2 is 2.25 bits per heavy atom. The zero-order chi connectivity index (χ0) is 16.9. The molecule has 0 spiro atoms. The minimum absolute atomic E-state index is 0.0246. The lowest BCUT2D eigenvalue weighted by Crippen LogP contribution is -2.47. The minimum atomic E-state index is -0.425. The van der Waals surface area contributed by atoms with E-state index in [4.69, 9.17) is 4.74 Å². The highest BCUT2D eigenvalue weighted by Gasteiger charge is 2.26. The van der Waals surface area contributed by atoms with Gasteiger partial charge in [-0.15, -0.1) is 0 Å². The molecule has 1 aliphatic rings. The summed E-state index contributed by atoms with van der Waals surface area (Å²) in [5, 5.41) is 18.2. The number of methoxy groups -OCH3 is 1. The molecule has 1 N–H and O–H groups in total. The Hall–Kier alpha value is -2.45. The predicted octanol–water partition coefficient (Wildman–Crippen LogP) is 1.45. The van der Waals surface area contributed by atoms with E-state index in [9.17, 15) is 10.1 Å². The first-order valence-electron chi connectivity index (χ1n) is 7.93. The van der Waals surface area contributed by atoms with Crippen LogP contribution < -0.4 is 10.1 Å². The molecule has 1 aliphatic heterocycles. The van der Waals surface area contributed by atoms with Gasteiger partial charge in [0.15, 0.2) is 0 Å². The normalized spacial score (nSPS) is 18.5. The molecule has 0 radical (unpaired) electrons. The zero-order valence-electron chi connectivity index (χ0n) is 13.6. The van der Waals surface area contributed by atoms with E-state index >= 15 is 0 Å². The largest absolute Gasteiger partial charge is 0.496 e. The van der Waals surface area contributed by atoms with Crippen molar-refractivity contribution in [2.45, 2.75) is 12.6 Å². The SMILES string of the molecule is COc1ccccc1C1CNCCN1CCn1cc([N+](=O)[O-])cn1. The fourth-order valence-corrected chi connectivity index (χ4v) is 3.06. The van der Waals surface area contributed by atoms with Crippen LogP contribution in [0, 0.1) is 10.1 Å². The summed E-state index contributed by atoms with van der Waals surface area (Å²) in [4.78, 5) is 12.7. The number of rotatable bonds is 6. The molecule has 3 rings (SSSR count). The van der Waals surface area contributed by atoms with E-state index in [1.54, 1.807) is 11.8 Å². The van der Waals surface area contributed by atoms with Crippen molar-refractivity contribution in [3.63, 3.8) is 0 Å². The average Bonchev–Trinajstić information content (AvgIpc) is 3.09. The van der Waals surface area contributed by atoms with Crippen molar-refractivity contribution in [1.29, 1.82) is 0 Å². The van der Waals surface area contributed by atoms with Crippen molar-refractivity contribution in [2.24, 2.45) is 0 Å². The third kappa shape index (κ3) is 3.55. The predicted molar refractivity (Wildman–Crippen MR) is 89.1 cm³/mol. The molecule has 1 atom stereocenters. The second-order valence-corrected chi connectivity index (χ2v) is 5.72. The van der Waals surface area contributed by atoms with Crippen molar-refractivity contribution >= 4 is 5.69 Å². The van der Waals surface area contributed by atoms with Gasteiger partial charge in [-0.05, 0) is 6.07 Å². The van der Waals surface area contributed by atoms with Crippen LogP contribution in [-0.2, 0) is 6.54 Å². The Labute approximate surface area is 140 Å². The number of ether oxygens (including phenoxy) is 1. The molecule has 0 saturated carbocycles. The highest BCUT2D eigenvalue weighted by molar-refractivity contribution is 5.36. The molecule has 24 heavy (non-hydrogen) atoms. The van der Waals surface area contributed by atoms with Crippen LogP contribution in [0.15, 0.2) is 36.7 Å². The highest BCUT2D eigenvalue weighted by atomic mass is 16.6. The van der Waals surface area contributed by atoms with E-state index in [1.165, 1.54) is 12.4 Å². The van der Waals surface area contributed by atoms with Gasteiger partial charge in [0, 0.05) is 31.7 Å². The van der Waals surface area contributed by atoms with Gasteiger partial charge in [0.2, 0.25) is 0 Å². The van der Waals surface area contributed by atoms with Gasteiger partial charge in [0.25, 0.3) is 0 Å². The van der Waals surface area contributed by atoms with Crippen LogP contribution >= 0.6 is 0 Å². The monoisotopic (exact) mass is 331 g/mol. The van der Waals surface area contributed by atoms with Crippen molar-refractivity contribution in [1.82, 2.24) is 20.0 Å². The number of para-hydroxylation sites is 1. The van der Waals surface area contributed by atoms with Crippen LogP contribution in [0.5, 0.6) is 5.75 Å². The molecule has 128 valence electrons. The van der Waals surface area contributed by atoms with Gasteiger partial charge in [0.1, 0.15) is 18.1 Å². The molecule has 8 nitrogen and oxygen atoms in total. The van der Waals surface area contributed by atoms with Crippen LogP contribution in [0.3, 0.4) is 0 Å². The third-order valence-corrected chi connectivity index (χ3v) is 4.30. The standard InChI is InChI=1S/C16H21N5O3/c1-24-16-5-3-2-4-14(16)15-11-17-6-7-19(15)8-9-20-12-13(10-18-20)21(22)23/h2-5,10,12,15,17H,6-9,11H2,1H3. The lowest BCUT2D eigenvalue weighted by atomic mass is 10.0. The van der Waals surface area contributed by atoms with E-state index in [-0.39, 0.29) is 11.7 Å². The first-order chi connectivity index (χ1) is 11.7. The summed E-state index contributed by atoms with van der Waals surface area (Å²) in [6, 6.07) is 8.24. The van der Waals surface area contributed by atoms with Crippen molar-refractivity contribution in [2.75, 3.05) is 33.3 Å². The molecule has 1 saturated heterocycles.